The van der Waals surface area contributed by atoms with E-state index in [2.05, 4.69) is 4.90 Å². The van der Waals surface area contributed by atoms with Crippen LogP contribution in [0.5, 0.6) is 0 Å². The van der Waals surface area contributed by atoms with Crippen LogP contribution in [0.3, 0.4) is 0 Å². The zero-order valence-electron chi connectivity index (χ0n) is 10.8. The van der Waals surface area contributed by atoms with E-state index in [1.807, 2.05) is 14.1 Å². The molecule has 18 heavy (non-hydrogen) atoms. The van der Waals surface area contributed by atoms with Gasteiger partial charge in [-0.15, -0.1) is 0 Å². The Morgan fingerprint density at radius 1 is 1.17 bits per heavy atom. The smallest absolute Gasteiger partial charge is 0.151 e. The summed E-state index contributed by atoms with van der Waals surface area (Å²) in [7, 11) is 4.06. The van der Waals surface area contributed by atoms with E-state index in [-0.39, 0.29) is 11.4 Å². The van der Waals surface area contributed by atoms with Gasteiger partial charge in [0.05, 0.1) is 0 Å². The molecule has 0 bridgehead atoms. The Hall–Kier alpha value is -1.36. The average molecular weight is 255 g/mol. The Morgan fingerprint density at radius 3 is 2.11 bits per heavy atom. The molecular formula is C13H19F2N3. The number of hydrogen-bond acceptors (Lipinski definition) is 3. The predicted molar refractivity (Wildman–Crippen MR) is 69.7 cm³/mol. The van der Waals surface area contributed by atoms with Gasteiger partial charge in [-0.1, -0.05) is 0 Å². The number of nitrogens with zero attached hydrogens (tertiary/aromatic N) is 2. The summed E-state index contributed by atoms with van der Waals surface area (Å²) < 4.78 is 27.6. The molecule has 1 saturated heterocycles. The minimum atomic E-state index is -0.573. The molecule has 0 aliphatic carbocycles. The molecule has 1 fully saturated rings. The highest BCUT2D eigenvalue weighted by molar-refractivity contribution is 5.56. The maximum absolute atomic E-state index is 13.8. The largest absolute Gasteiger partial charge is 0.399 e. The Morgan fingerprint density at radius 2 is 1.67 bits per heavy atom. The third kappa shape index (κ3) is 2.56. The van der Waals surface area contributed by atoms with E-state index in [0.29, 0.717) is 19.1 Å². The molecule has 1 heterocycles. The highest BCUT2D eigenvalue weighted by Crippen LogP contribution is 2.29. The standard InChI is InChI=1S/C13H19F2N3/c1-17(2)10-3-5-18(6-4-10)13-11(14)7-9(16)8-12(13)15/h7-8,10H,3-6,16H2,1-2H3. The molecule has 0 aromatic heterocycles. The second kappa shape index (κ2) is 5.10. The number of hydrogen-bond donors (Lipinski definition) is 1. The number of halogens is 2. The van der Waals surface area contributed by atoms with Crippen molar-refractivity contribution < 1.29 is 8.78 Å². The Labute approximate surface area is 106 Å². The van der Waals surface area contributed by atoms with Crippen LogP contribution >= 0.6 is 0 Å². The van der Waals surface area contributed by atoms with E-state index in [1.54, 1.807) is 4.90 Å². The number of nitrogen functional groups attached to an aromatic ring is 1. The van der Waals surface area contributed by atoms with Crippen LogP contribution in [-0.4, -0.2) is 38.1 Å². The minimum Gasteiger partial charge on any atom is -0.399 e. The molecule has 100 valence electrons. The van der Waals surface area contributed by atoms with Crippen LogP contribution in [0.4, 0.5) is 20.2 Å². The van der Waals surface area contributed by atoms with Crippen LogP contribution in [-0.2, 0) is 0 Å². The highest BCUT2D eigenvalue weighted by Gasteiger charge is 2.24. The fourth-order valence-electron chi connectivity index (χ4n) is 2.49. The van der Waals surface area contributed by atoms with E-state index in [4.69, 9.17) is 5.73 Å². The molecule has 0 saturated carbocycles. The fraction of sp³-hybridized carbons (Fsp3) is 0.538. The predicted octanol–water partition coefficient (Wildman–Crippen LogP) is 2.08. The first-order valence-corrected chi connectivity index (χ1v) is 6.15. The maximum atomic E-state index is 13.8. The molecule has 0 spiro atoms. The van der Waals surface area contributed by atoms with Crippen molar-refractivity contribution in [2.45, 2.75) is 18.9 Å². The molecule has 5 heteroatoms. The van der Waals surface area contributed by atoms with Gasteiger partial charge in [-0.05, 0) is 39.1 Å². The van der Waals surface area contributed by atoms with Crippen molar-refractivity contribution in [3.05, 3.63) is 23.8 Å². The number of anilines is 2. The van der Waals surface area contributed by atoms with Gasteiger partial charge in [-0.25, -0.2) is 8.78 Å². The molecule has 1 aromatic rings. The van der Waals surface area contributed by atoms with Gasteiger partial charge in [-0.2, -0.15) is 0 Å². The first kappa shape index (κ1) is 13.1. The van der Waals surface area contributed by atoms with Crippen molar-refractivity contribution >= 4 is 11.4 Å². The zero-order valence-corrected chi connectivity index (χ0v) is 10.8. The summed E-state index contributed by atoms with van der Waals surface area (Å²) in [6.07, 6.45) is 1.83. The first-order valence-electron chi connectivity index (χ1n) is 6.15. The summed E-state index contributed by atoms with van der Waals surface area (Å²) >= 11 is 0. The van der Waals surface area contributed by atoms with Gasteiger partial charge in [0.1, 0.15) is 5.69 Å². The first-order chi connectivity index (χ1) is 8.49. The SMILES string of the molecule is CN(C)C1CCN(c2c(F)cc(N)cc2F)CC1. The lowest BCUT2D eigenvalue weighted by atomic mass is 10.0. The van der Waals surface area contributed by atoms with Gasteiger partial charge in [0.15, 0.2) is 11.6 Å². The lowest BCUT2D eigenvalue weighted by Crippen LogP contribution is -2.42. The van der Waals surface area contributed by atoms with Crippen molar-refractivity contribution in [1.29, 1.82) is 0 Å². The summed E-state index contributed by atoms with van der Waals surface area (Å²) in [6, 6.07) is 2.84. The van der Waals surface area contributed by atoms with Crippen molar-refractivity contribution in [1.82, 2.24) is 4.90 Å². The minimum absolute atomic E-state index is 0.0569. The number of piperidine rings is 1. The Bertz CT molecular complexity index is 403. The lowest BCUT2D eigenvalue weighted by molar-refractivity contribution is 0.249. The van der Waals surface area contributed by atoms with E-state index in [9.17, 15) is 8.78 Å². The number of nitrogens with two attached hydrogens (primary N) is 1. The van der Waals surface area contributed by atoms with Crippen molar-refractivity contribution in [3.8, 4) is 0 Å². The summed E-state index contributed by atoms with van der Waals surface area (Å²) in [6.45, 7) is 1.33. The molecule has 1 aliphatic heterocycles. The van der Waals surface area contributed by atoms with E-state index >= 15 is 0 Å². The molecule has 1 aromatic carbocycles. The second-order valence-electron chi connectivity index (χ2n) is 5.01. The van der Waals surface area contributed by atoms with E-state index in [1.165, 1.54) is 12.1 Å². The van der Waals surface area contributed by atoms with Crippen LogP contribution in [0, 0.1) is 11.6 Å². The molecule has 2 rings (SSSR count). The van der Waals surface area contributed by atoms with Crippen molar-refractivity contribution in [2.75, 3.05) is 37.8 Å². The van der Waals surface area contributed by atoms with Crippen LogP contribution in [0.2, 0.25) is 0 Å². The van der Waals surface area contributed by atoms with Gasteiger partial charge in [-0.3, -0.25) is 0 Å². The quantitative estimate of drug-likeness (QED) is 0.821. The summed E-state index contributed by atoms with van der Waals surface area (Å²) in [5.74, 6) is -1.15. The van der Waals surface area contributed by atoms with Crippen molar-refractivity contribution in [3.63, 3.8) is 0 Å². The summed E-state index contributed by atoms with van der Waals surface area (Å²) in [4.78, 5) is 3.93. The molecule has 0 radical (unpaired) electrons. The second-order valence-corrected chi connectivity index (χ2v) is 5.01. The van der Waals surface area contributed by atoms with Crippen LogP contribution in [0.25, 0.3) is 0 Å². The lowest BCUT2D eigenvalue weighted by Gasteiger charge is -2.36. The fourth-order valence-corrected chi connectivity index (χ4v) is 2.49. The molecule has 3 nitrogen and oxygen atoms in total. The summed E-state index contributed by atoms with van der Waals surface area (Å²) in [5.41, 5.74) is 5.59. The monoisotopic (exact) mass is 255 g/mol. The normalized spacial score (nSPS) is 17.5. The third-order valence-electron chi connectivity index (χ3n) is 3.55. The number of benzene rings is 1. The average Bonchev–Trinajstić information content (AvgIpc) is 2.28. The molecule has 2 N–H and O–H groups in total. The van der Waals surface area contributed by atoms with Gasteiger partial charge in [0.25, 0.3) is 0 Å². The highest BCUT2D eigenvalue weighted by atomic mass is 19.1. The van der Waals surface area contributed by atoms with Crippen LogP contribution < -0.4 is 10.6 Å². The van der Waals surface area contributed by atoms with Crippen LogP contribution in [0.1, 0.15) is 12.8 Å². The molecule has 0 unspecified atom stereocenters. The van der Waals surface area contributed by atoms with E-state index < -0.39 is 11.6 Å². The zero-order chi connectivity index (χ0) is 13.3. The number of rotatable bonds is 2. The van der Waals surface area contributed by atoms with Gasteiger partial charge in [0, 0.05) is 24.8 Å². The van der Waals surface area contributed by atoms with Gasteiger partial charge >= 0.3 is 0 Å². The topological polar surface area (TPSA) is 32.5 Å². The molecule has 1 aliphatic rings. The van der Waals surface area contributed by atoms with Gasteiger partial charge in [0.2, 0.25) is 0 Å². The summed E-state index contributed by atoms with van der Waals surface area (Å²) in [5, 5.41) is 0. The maximum Gasteiger partial charge on any atom is 0.151 e. The Balaban J connectivity index is 2.15. The van der Waals surface area contributed by atoms with E-state index in [0.717, 1.165) is 12.8 Å². The van der Waals surface area contributed by atoms with Crippen molar-refractivity contribution in [2.24, 2.45) is 0 Å². The molecular weight excluding hydrogens is 236 g/mol. The molecule has 0 amide bonds. The third-order valence-corrected chi connectivity index (χ3v) is 3.55. The van der Waals surface area contributed by atoms with Crippen LogP contribution in [0.15, 0.2) is 12.1 Å². The van der Waals surface area contributed by atoms with Gasteiger partial charge < -0.3 is 15.5 Å². The molecule has 0 atom stereocenters. The Kier molecular flexibility index (Phi) is 3.71.